The van der Waals surface area contributed by atoms with Gasteiger partial charge in [0.05, 0.1) is 5.56 Å². The largest absolute Gasteiger partial charge is 0.456 e. The fourth-order valence-corrected chi connectivity index (χ4v) is 2.95. The lowest BCUT2D eigenvalue weighted by atomic mass is 10.1. The molecule has 112 valence electrons. The molecule has 1 aromatic heterocycles. The fourth-order valence-electron chi connectivity index (χ4n) is 2.55. The van der Waals surface area contributed by atoms with Gasteiger partial charge in [-0.1, -0.05) is 40.2 Å². The van der Waals surface area contributed by atoms with Gasteiger partial charge in [0, 0.05) is 15.2 Å². The summed E-state index contributed by atoms with van der Waals surface area (Å²) in [5.74, 6) is 0.104. The number of benzene rings is 3. The van der Waals surface area contributed by atoms with Gasteiger partial charge in [0.15, 0.2) is 0 Å². The summed E-state index contributed by atoms with van der Waals surface area (Å²) in [5.41, 5.74) is 2.09. The number of halogens is 1. The van der Waals surface area contributed by atoms with E-state index in [-0.39, 0.29) is 0 Å². The Morgan fingerprint density at radius 1 is 0.870 bits per heavy atom. The van der Waals surface area contributed by atoms with Crippen LogP contribution >= 0.6 is 15.9 Å². The standard InChI is InChI=1S/C19H11BrO3/c20-13-5-3-4-12(10-13)19(21)22-14-8-9-18-16(11-14)15-6-1-2-7-17(15)23-18/h1-11H. The van der Waals surface area contributed by atoms with Crippen molar-refractivity contribution in [1.82, 2.24) is 0 Å². The Morgan fingerprint density at radius 2 is 1.70 bits per heavy atom. The molecule has 0 N–H and O–H groups in total. The van der Waals surface area contributed by atoms with Crippen LogP contribution in [0.25, 0.3) is 21.9 Å². The topological polar surface area (TPSA) is 39.4 Å². The van der Waals surface area contributed by atoms with E-state index in [0.29, 0.717) is 11.3 Å². The minimum Gasteiger partial charge on any atom is -0.456 e. The van der Waals surface area contributed by atoms with Gasteiger partial charge in [-0.2, -0.15) is 0 Å². The van der Waals surface area contributed by atoms with Crippen LogP contribution in [0, 0.1) is 0 Å². The van der Waals surface area contributed by atoms with Crippen LogP contribution in [0.1, 0.15) is 10.4 Å². The normalized spacial score (nSPS) is 11.0. The van der Waals surface area contributed by atoms with Crippen molar-refractivity contribution in [3.63, 3.8) is 0 Å². The van der Waals surface area contributed by atoms with Crippen LogP contribution in [0.15, 0.2) is 75.6 Å². The maximum absolute atomic E-state index is 12.2. The van der Waals surface area contributed by atoms with Crippen molar-refractivity contribution >= 4 is 43.8 Å². The summed E-state index contributed by atoms with van der Waals surface area (Å²) < 4.78 is 12.1. The van der Waals surface area contributed by atoms with Gasteiger partial charge in [-0.3, -0.25) is 0 Å². The van der Waals surface area contributed by atoms with Gasteiger partial charge in [0.25, 0.3) is 0 Å². The Kier molecular flexibility index (Phi) is 3.39. The first-order chi connectivity index (χ1) is 11.2. The average molecular weight is 367 g/mol. The Hall–Kier alpha value is -2.59. The number of rotatable bonds is 2. The van der Waals surface area contributed by atoms with Crippen molar-refractivity contribution in [3.05, 3.63) is 76.8 Å². The molecule has 23 heavy (non-hydrogen) atoms. The van der Waals surface area contributed by atoms with Gasteiger partial charge in [-0.15, -0.1) is 0 Å². The first-order valence-corrected chi connectivity index (χ1v) is 7.89. The number of hydrogen-bond donors (Lipinski definition) is 0. The minimum atomic E-state index is -0.390. The highest BCUT2D eigenvalue weighted by Crippen LogP contribution is 2.31. The molecule has 0 aliphatic carbocycles. The molecule has 1 heterocycles. The predicted molar refractivity (Wildman–Crippen MR) is 92.8 cm³/mol. The summed E-state index contributed by atoms with van der Waals surface area (Å²) in [6.45, 7) is 0. The molecule has 0 bridgehead atoms. The quantitative estimate of drug-likeness (QED) is 0.344. The molecule has 0 atom stereocenters. The van der Waals surface area contributed by atoms with Crippen molar-refractivity contribution in [1.29, 1.82) is 0 Å². The van der Waals surface area contributed by atoms with Gasteiger partial charge in [-0.25, -0.2) is 4.79 Å². The molecular weight excluding hydrogens is 356 g/mol. The maximum atomic E-state index is 12.2. The van der Waals surface area contributed by atoms with Crippen molar-refractivity contribution in [2.75, 3.05) is 0 Å². The molecule has 0 radical (unpaired) electrons. The minimum absolute atomic E-state index is 0.390. The van der Waals surface area contributed by atoms with E-state index in [1.807, 2.05) is 42.5 Å². The first kappa shape index (κ1) is 14.0. The number of furan rings is 1. The highest BCUT2D eigenvalue weighted by Gasteiger charge is 2.11. The van der Waals surface area contributed by atoms with Gasteiger partial charge in [-0.05, 0) is 42.5 Å². The average Bonchev–Trinajstić information content (AvgIpc) is 2.93. The molecular formula is C19H11BrO3. The van der Waals surface area contributed by atoms with Crippen LogP contribution in [-0.4, -0.2) is 5.97 Å². The summed E-state index contributed by atoms with van der Waals surface area (Å²) in [6.07, 6.45) is 0. The second kappa shape index (κ2) is 5.56. The molecule has 0 fully saturated rings. The van der Waals surface area contributed by atoms with Crippen molar-refractivity contribution < 1.29 is 13.9 Å². The summed E-state index contributed by atoms with van der Waals surface area (Å²) in [6, 6.07) is 20.3. The van der Waals surface area contributed by atoms with Crippen LogP contribution < -0.4 is 4.74 Å². The van der Waals surface area contributed by atoms with Crippen molar-refractivity contribution in [2.45, 2.75) is 0 Å². The summed E-state index contributed by atoms with van der Waals surface area (Å²) in [4.78, 5) is 12.2. The predicted octanol–water partition coefficient (Wildman–Crippen LogP) is 5.57. The molecule has 3 nitrogen and oxygen atoms in total. The summed E-state index contributed by atoms with van der Waals surface area (Å²) in [7, 11) is 0. The van der Waals surface area contributed by atoms with Gasteiger partial charge in [0.2, 0.25) is 0 Å². The van der Waals surface area contributed by atoms with E-state index >= 15 is 0 Å². The van der Waals surface area contributed by atoms with E-state index in [1.54, 1.807) is 24.3 Å². The molecule has 4 aromatic rings. The Balaban J connectivity index is 1.71. The molecule has 0 saturated heterocycles. The lowest BCUT2D eigenvalue weighted by Crippen LogP contribution is -2.08. The number of ether oxygens (including phenoxy) is 1. The number of esters is 1. The second-order valence-electron chi connectivity index (χ2n) is 5.16. The number of carbonyl (C=O) groups excluding carboxylic acids is 1. The van der Waals surface area contributed by atoms with Gasteiger partial charge < -0.3 is 9.15 Å². The van der Waals surface area contributed by atoms with Crippen LogP contribution in [0.5, 0.6) is 5.75 Å². The molecule has 4 heteroatoms. The zero-order valence-corrected chi connectivity index (χ0v) is 13.5. The molecule has 0 amide bonds. The fraction of sp³-hybridized carbons (Fsp3) is 0. The SMILES string of the molecule is O=C(Oc1ccc2oc3ccccc3c2c1)c1cccc(Br)c1. The van der Waals surface area contributed by atoms with Crippen molar-refractivity contribution in [2.24, 2.45) is 0 Å². The maximum Gasteiger partial charge on any atom is 0.343 e. The van der Waals surface area contributed by atoms with Crippen LogP contribution in [0.2, 0.25) is 0 Å². The molecule has 0 spiro atoms. The second-order valence-corrected chi connectivity index (χ2v) is 6.07. The highest BCUT2D eigenvalue weighted by molar-refractivity contribution is 9.10. The van der Waals surface area contributed by atoms with Gasteiger partial charge >= 0.3 is 5.97 Å². The monoisotopic (exact) mass is 366 g/mol. The smallest absolute Gasteiger partial charge is 0.343 e. The third-order valence-electron chi connectivity index (χ3n) is 3.62. The van der Waals surface area contributed by atoms with E-state index in [9.17, 15) is 4.79 Å². The molecule has 3 aromatic carbocycles. The van der Waals surface area contributed by atoms with E-state index < -0.39 is 5.97 Å². The zero-order valence-electron chi connectivity index (χ0n) is 12.0. The van der Waals surface area contributed by atoms with Gasteiger partial charge in [0.1, 0.15) is 16.9 Å². The lowest BCUT2D eigenvalue weighted by Gasteiger charge is -2.04. The molecule has 0 aliphatic heterocycles. The number of hydrogen-bond acceptors (Lipinski definition) is 3. The Morgan fingerprint density at radius 3 is 2.57 bits per heavy atom. The highest BCUT2D eigenvalue weighted by atomic mass is 79.9. The van der Waals surface area contributed by atoms with E-state index in [4.69, 9.17) is 9.15 Å². The van der Waals surface area contributed by atoms with Crippen LogP contribution in [0.4, 0.5) is 0 Å². The summed E-state index contributed by atoms with van der Waals surface area (Å²) >= 11 is 3.35. The Bertz CT molecular complexity index is 1030. The molecule has 0 unspecified atom stereocenters. The van der Waals surface area contributed by atoms with Crippen molar-refractivity contribution in [3.8, 4) is 5.75 Å². The van der Waals surface area contributed by atoms with E-state index in [0.717, 1.165) is 26.4 Å². The Labute approximate surface area is 140 Å². The van der Waals surface area contributed by atoms with Crippen LogP contribution in [-0.2, 0) is 0 Å². The molecule has 4 rings (SSSR count). The van der Waals surface area contributed by atoms with Crippen LogP contribution in [0.3, 0.4) is 0 Å². The van der Waals surface area contributed by atoms with E-state index in [1.165, 1.54) is 0 Å². The third kappa shape index (κ3) is 2.62. The molecule has 0 saturated carbocycles. The number of carbonyl (C=O) groups is 1. The molecule has 0 aliphatic rings. The lowest BCUT2D eigenvalue weighted by molar-refractivity contribution is 0.0735. The number of fused-ring (bicyclic) bond motifs is 3. The third-order valence-corrected chi connectivity index (χ3v) is 4.11. The number of para-hydroxylation sites is 1. The zero-order chi connectivity index (χ0) is 15.8. The van der Waals surface area contributed by atoms with E-state index in [2.05, 4.69) is 15.9 Å². The summed E-state index contributed by atoms with van der Waals surface area (Å²) in [5, 5.41) is 1.93. The first-order valence-electron chi connectivity index (χ1n) is 7.10.